The molecule has 0 spiro atoms. The number of benzene rings is 2. The zero-order valence-electron chi connectivity index (χ0n) is 14.7. The lowest BCUT2D eigenvalue weighted by Gasteiger charge is -2.11. The molecule has 4 rings (SSSR count). The molecule has 0 N–H and O–H groups in total. The third-order valence-electron chi connectivity index (χ3n) is 4.54. The molecule has 1 aliphatic heterocycles. The Bertz CT molecular complexity index is 933. The molecule has 0 aliphatic carbocycles. The van der Waals surface area contributed by atoms with Crippen LogP contribution in [0.1, 0.15) is 31.8 Å². The number of rotatable bonds is 6. The van der Waals surface area contributed by atoms with Gasteiger partial charge in [0, 0.05) is 12.1 Å². The number of carbonyl (C=O) groups excluding carboxylic acids is 2. The maximum absolute atomic E-state index is 12.2. The number of imide groups is 1. The van der Waals surface area contributed by atoms with Crippen LogP contribution in [0.25, 0.3) is 0 Å². The zero-order valence-corrected chi connectivity index (χ0v) is 14.7. The van der Waals surface area contributed by atoms with Crippen molar-refractivity contribution in [2.75, 3.05) is 6.61 Å². The second-order valence-electron chi connectivity index (χ2n) is 6.39. The number of carbonyl (C=O) groups is 2. The SMILES string of the molecule is O=C1c2ccccc2C(=O)N1OCC[n+]1ccc(Cc2ccccc2)cc1. The van der Waals surface area contributed by atoms with Crippen molar-refractivity contribution in [3.8, 4) is 0 Å². The number of fused-ring (bicyclic) bond motifs is 1. The third kappa shape index (κ3) is 3.64. The molecule has 0 unspecified atom stereocenters. The van der Waals surface area contributed by atoms with Gasteiger partial charge in [-0.2, -0.15) is 0 Å². The van der Waals surface area contributed by atoms with Crippen LogP contribution in [-0.4, -0.2) is 23.5 Å². The summed E-state index contributed by atoms with van der Waals surface area (Å²) in [5.41, 5.74) is 3.27. The molecule has 2 heterocycles. The maximum Gasteiger partial charge on any atom is 0.285 e. The van der Waals surface area contributed by atoms with Crippen LogP contribution in [0.4, 0.5) is 0 Å². The average Bonchev–Trinajstić information content (AvgIpc) is 2.95. The van der Waals surface area contributed by atoms with E-state index in [0.717, 1.165) is 11.5 Å². The van der Waals surface area contributed by atoms with Gasteiger partial charge in [0.15, 0.2) is 18.9 Å². The van der Waals surface area contributed by atoms with Gasteiger partial charge in [0.25, 0.3) is 11.8 Å². The third-order valence-corrected chi connectivity index (χ3v) is 4.54. The van der Waals surface area contributed by atoms with Crippen LogP contribution in [0.2, 0.25) is 0 Å². The molecule has 0 fully saturated rings. The van der Waals surface area contributed by atoms with Crippen LogP contribution in [0, 0.1) is 0 Å². The highest BCUT2D eigenvalue weighted by Crippen LogP contribution is 2.22. The fourth-order valence-electron chi connectivity index (χ4n) is 3.11. The van der Waals surface area contributed by atoms with Crippen molar-refractivity contribution >= 4 is 11.8 Å². The molecule has 2 amide bonds. The minimum atomic E-state index is -0.404. The van der Waals surface area contributed by atoms with Crippen LogP contribution in [-0.2, 0) is 17.8 Å². The van der Waals surface area contributed by atoms with Crippen molar-refractivity contribution in [1.82, 2.24) is 5.06 Å². The number of hydrogen-bond acceptors (Lipinski definition) is 3. The highest BCUT2D eigenvalue weighted by molar-refractivity contribution is 6.20. The molecule has 134 valence electrons. The summed E-state index contributed by atoms with van der Waals surface area (Å²) in [7, 11) is 0. The highest BCUT2D eigenvalue weighted by atomic mass is 16.7. The number of amides is 2. The highest BCUT2D eigenvalue weighted by Gasteiger charge is 2.36. The summed E-state index contributed by atoms with van der Waals surface area (Å²) in [4.78, 5) is 29.9. The number of hydroxylamine groups is 2. The lowest BCUT2D eigenvalue weighted by atomic mass is 10.1. The molecular weight excluding hydrogens is 340 g/mol. The minimum Gasteiger partial charge on any atom is -0.266 e. The van der Waals surface area contributed by atoms with Crippen molar-refractivity contribution in [1.29, 1.82) is 0 Å². The van der Waals surface area contributed by atoms with Gasteiger partial charge < -0.3 is 0 Å². The molecule has 1 aliphatic rings. The smallest absolute Gasteiger partial charge is 0.266 e. The molecule has 1 aromatic heterocycles. The Morgan fingerprint density at radius 1 is 0.741 bits per heavy atom. The summed E-state index contributed by atoms with van der Waals surface area (Å²) in [5.74, 6) is -0.808. The molecule has 0 radical (unpaired) electrons. The number of pyridine rings is 1. The molecule has 0 saturated heterocycles. The summed E-state index contributed by atoms with van der Waals surface area (Å²) >= 11 is 0. The Morgan fingerprint density at radius 2 is 1.30 bits per heavy atom. The minimum absolute atomic E-state index is 0.230. The van der Waals surface area contributed by atoms with Gasteiger partial charge >= 0.3 is 0 Å². The van der Waals surface area contributed by atoms with Crippen LogP contribution >= 0.6 is 0 Å². The second-order valence-corrected chi connectivity index (χ2v) is 6.39. The monoisotopic (exact) mass is 359 g/mol. The van der Waals surface area contributed by atoms with Gasteiger partial charge in [-0.3, -0.25) is 14.4 Å². The Morgan fingerprint density at radius 3 is 1.93 bits per heavy atom. The van der Waals surface area contributed by atoms with Crippen LogP contribution in [0.3, 0.4) is 0 Å². The van der Waals surface area contributed by atoms with E-state index in [1.165, 1.54) is 11.1 Å². The first-order chi connectivity index (χ1) is 13.2. The molecular formula is C22H19N2O3+. The van der Waals surface area contributed by atoms with Crippen molar-refractivity contribution in [2.45, 2.75) is 13.0 Å². The molecule has 0 bridgehead atoms. The fraction of sp³-hybridized carbons (Fsp3) is 0.136. The molecule has 0 saturated carbocycles. The largest absolute Gasteiger partial charge is 0.285 e. The molecule has 0 atom stereocenters. The number of nitrogens with zero attached hydrogens (tertiary/aromatic N) is 2. The van der Waals surface area contributed by atoms with Gasteiger partial charge in [-0.1, -0.05) is 42.5 Å². The van der Waals surface area contributed by atoms with Gasteiger partial charge in [0.1, 0.15) is 6.61 Å². The first-order valence-electron chi connectivity index (χ1n) is 8.85. The van der Waals surface area contributed by atoms with E-state index in [4.69, 9.17) is 4.84 Å². The average molecular weight is 359 g/mol. The molecule has 5 nitrogen and oxygen atoms in total. The number of aromatic nitrogens is 1. The zero-order chi connectivity index (χ0) is 18.6. The van der Waals surface area contributed by atoms with Gasteiger partial charge in [0.05, 0.1) is 11.1 Å². The lowest BCUT2D eigenvalue weighted by Crippen LogP contribution is -2.38. The van der Waals surface area contributed by atoms with Crippen molar-refractivity contribution in [3.63, 3.8) is 0 Å². The summed E-state index contributed by atoms with van der Waals surface area (Å²) in [6.07, 6.45) is 4.83. The second kappa shape index (κ2) is 7.51. The van der Waals surface area contributed by atoms with Crippen LogP contribution in [0.15, 0.2) is 79.1 Å². The summed E-state index contributed by atoms with van der Waals surface area (Å²) in [5, 5.41) is 0.856. The van der Waals surface area contributed by atoms with Crippen LogP contribution < -0.4 is 4.57 Å². The van der Waals surface area contributed by atoms with E-state index in [1.54, 1.807) is 24.3 Å². The normalized spacial score (nSPS) is 13.1. The van der Waals surface area contributed by atoms with Gasteiger partial charge in [-0.25, -0.2) is 4.57 Å². The van der Waals surface area contributed by atoms with Crippen molar-refractivity contribution in [3.05, 3.63) is 101 Å². The standard InChI is InChI=1S/C22H19N2O3/c25-21-19-8-4-5-9-20(19)22(26)24(21)27-15-14-23-12-10-18(11-13-23)16-17-6-2-1-3-7-17/h1-13H,14-16H2/q+1. The van der Waals surface area contributed by atoms with Crippen molar-refractivity contribution < 1.29 is 19.0 Å². The first kappa shape index (κ1) is 17.1. The van der Waals surface area contributed by atoms with Crippen LogP contribution in [0.5, 0.6) is 0 Å². The molecule has 3 aromatic rings. The summed E-state index contributed by atoms with van der Waals surface area (Å²) in [6, 6.07) is 21.2. The van der Waals surface area contributed by atoms with Gasteiger partial charge in [0.2, 0.25) is 0 Å². The van der Waals surface area contributed by atoms with E-state index in [1.807, 2.05) is 35.2 Å². The Hall–Kier alpha value is -3.31. The quantitative estimate of drug-likeness (QED) is 0.502. The van der Waals surface area contributed by atoms with E-state index in [2.05, 4.69) is 24.3 Å². The van der Waals surface area contributed by atoms with E-state index in [9.17, 15) is 9.59 Å². The van der Waals surface area contributed by atoms with E-state index in [-0.39, 0.29) is 6.61 Å². The Kier molecular flexibility index (Phi) is 4.77. The van der Waals surface area contributed by atoms with Crippen molar-refractivity contribution in [2.24, 2.45) is 0 Å². The predicted molar refractivity (Wildman–Crippen MR) is 98.8 cm³/mol. The van der Waals surface area contributed by atoms with Gasteiger partial charge in [-0.15, -0.1) is 5.06 Å². The Balaban J connectivity index is 1.32. The summed E-state index contributed by atoms with van der Waals surface area (Å²) in [6.45, 7) is 0.771. The lowest BCUT2D eigenvalue weighted by molar-refractivity contribution is -0.699. The maximum atomic E-state index is 12.2. The van der Waals surface area contributed by atoms with E-state index < -0.39 is 11.8 Å². The summed E-state index contributed by atoms with van der Waals surface area (Å²) < 4.78 is 1.96. The van der Waals surface area contributed by atoms with Gasteiger partial charge in [-0.05, 0) is 29.7 Å². The predicted octanol–water partition coefficient (Wildman–Crippen LogP) is 2.79. The topological polar surface area (TPSA) is 50.5 Å². The molecule has 2 aromatic carbocycles. The van der Waals surface area contributed by atoms with E-state index in [0.29, 0.717) is 17.7 Å². The Labute approximate surface area is 157 Å². The molecule has 5 heteroatoms. The fourth-order valence-corrected chi connectivity index (χ4v) is 3.11. The first-order valence-corrected chi connectivity index (χ1v) is 8.85. The van der Waals surface area contributed by atoms with E-state index >= 15 is 0 Å². The number of hydrogen-bond donors (Lipinski definition) is 0. The molecule has 27 heavy (non-hydrogen) atoms.